The van der Waals surface area contributed by atoms with E-state index in [1.54, 1.807) is 24.4 Å². The van der Waals surface area contributed by atoms with E-state index in [1.165, 1.54) is 0 Å². The molecule has 1 aromatic carbocycles. The van der Waals surface area contributed by atoms with Gasteiger partial charge < -0.3 is 15.0 Å². The molecule has 0 spiro atoms. The summed E-state index contributed by atoms with van der Waals surface area (Å²) in [5, 5.41) is 2.76. The van der Waals surface area contributed by atoms with Crippen LogP contribution in [0.15, 0.2) is 48.7 Å². The number of amides is 2. The number of pyridine rings is 1. The van der Waals surface area contributed by atoms with Gasteiger partial charge in [0.1, 0.15) is 11.6 Å². The molecule has 0 saturated carbocycles. The van der Waals surface area contributed by atoms with Crippen molar-refractivity contribution in [2.24, 2.45) is 0 Å². The first-order valence-corrected chi connectivity index (χ1v) is 10.4. The van der Waals surface area contributed by atoms with Gasteiger partial charge in [-0.25, -0.2) is 9.37 Å². The molecule has 2 amide bonds. The first-order valence-electron chi connectivity index (χ1n) is 10.4. The third kappa shape index (κ3) is 5.17. The van der Waals surface area contributed by atoms with Gasteiger partial charge in [-0.3, -0.25) is 9.59 Å². The number of carbonyl (C=O) groups excluding carboxylic acids is 2. The molecule has 0 fully saturated rings. The van der Waals surface area contributed by atoms with Crippen LogP contribution in [0.3, 0.4) is 0 Å². The quantitative estimate of drug-likeness (QED) is 0.741. The summed E-state index contributed by atoms with van der Waals surface area (Å²) in [6, 6.07) is 9.33. The lowest BCUT2D eigenvalue weighted by Gasteiger charge is -2.19. The van der Waals surface area contributed by atoms with E-state index < -0.39 is 6.86 Å². The molecule has 0 saturated heterocycles. The molecular weight excluding hydrogens is 397 g/mol. The zero-order chi connectivity index (χ0) is 21.6. The Hall–Kier alpha value is -3.48. The minimum absolute atomic E-state index is 0.0192. The Labute approximate surface area is 180 Å². The van der Waals surface area contributed by atoms with E-state index in [0.717, 1.165) is 35.1 Å². The maximum Gasteiger partial charge on any atom is 0.246 e. The van der Waals surface area contributed by atoms with Gasteiger partial charge in [-0.2, -0.15) is 0 Å². The fourth-order valence-corrected chi connectivity index (χ4v) is 3.83. The molecule has 2 aliphatic rings. The summed E-state index contributed by atoms with van der Waals surface area (Å²) in [5.41, 5.74) is 3.94. The highest BCUT2D eigenvalue weighted by atomic mass is 19.1. The Balaban J connectivity index is 1.37. The molecule has 160 valence electrons. The molecule has 4 rings (SSSR count). The van der Waals surface area contributed by atoms with Crippen LogP contribution in [-0.2, 0) is 16.0 Å². The molecule has 3 heterocycles. The number of alkyl halides is 1. The molecule has 31 heavy (non-hydrogen) atoms. The maximum absolute atomic E-state index is 12.7. The molecular formula is C24H24FN3O3. The number of aromatic nitrogens is 1. The summed E-state index contributed by atoms with van der Waals surface area (Å²) in [6.45, 7) is 0.394. The van der Waals surface area contributed by atoms with Crippen molar-refractivity contribution in [3.8, 4) is 5.75 Å². The number of hydrogen-bond acceptors (Lipinski definition) is 4. The minimum atomic E-state index is -0.856. The number of aryl methyl sites for hydroxylation is 1. The summed E-state index contributed by atoms with van der Waals surface area (Å²) in [4.78, 5) is 30.3. The second-order valence-electron chi connectivity index (χ2n) is 7.53. The van der Waals surface area contributed by atoms with E-state index in [4.69, 9.17) is 4.74 Å². The van der Waals surface area contributed by atoms with Crippen molar-refractivity contribution in [1.29, 1.82) is 0 Å². The second kappa shape index (κ2) is 9.55. The van der Waals surface area contributed by atoms with Crippen LogP contribution in [0.4, 0.5) is 10.2 Å². The summed E-state index contributed by atoms with van der Waals surface area (Å²) in [5.74, 6) is 1.04. The molecule has 0 radical (unpaired) electrons. The molecule has 0 bridgehead atoms. The van der Waals surface area contributed by atoms with E-state index in [2.05, 4.69) is 16.4 Å². The fraction of sp³-hybridized carbons (Fsp3) is 0.292. The number of anilines is 1. The minimum Gasteiger partial charge on any atom is -0.463 e. The highest BCUT2D eigenvalue weighted by molar-refractivity contribution is 5.94. The first kappa shape index (κ1) is 20.8. The van der Waals surface area contributed by atoms with Crippen LogP contribution in [0.2, 0.25) is 0 Å². The number of fused-ring (bicyclic) bond motifs is 1. The van der Waals surface area contributed by atoms with E-state index in [1.807, 2.05) is 29.2 Å². The Morgan fingerprint density at radius 2 is 2.13 bits per heavy atom. The van der Waals surface area contributed by atoms with Crippen molar-refractivity contribution >= 4 is 29.3 Å². The lowest BCUT2D eigenvalue weighted by atomic mass is 10.0. The van der Waals surface area contributed by atoms with Gasteiger partial charge >= 0.3 is 0 Å². The normalized spacial score (nSPS) is 16.4. The Morgan fingerprint density at radius 1 is 1.23 bits per heavy atom. The predicted molar refractivity (Wildman–Crippen MR) is 117 cm³/mol. The molecule has 2 aliphatic heterocycles. The summed E-state index contributed by atoms with van der Waals surface area (Å²) in [6.07, 6.45) is 9.71. The number of benzene rings is 1. The van der Waals surface area contributed by atoms with E-state index in [9.17, 15) is 14.0 Å². The van der Waals surface area contributed by atoms with Crippen LogP contribution in [-0.4, -0.2) is 41.6 Å². The van der Waals surface area contributed by atoms with Crippen LogP contribution >= 0.6 is 0 Å². The zero-order valence-electron chi connectivity index (χ0n) is 17.1. The average molecular weight is 421 g/mol. The molecule has 2 aromatic rings. The van der Waals surface area contributed by atoms with Crippen molar-refractivity contribution in [3.63, 3.8) is 0 Å². The number of carbonyl (C=O) groups is 2. The van der Waals surface area contributed by atoms with Gasteiger partial charge in [0.15, 0.2) is 0 Å². The number of ether oxygens (including phenoxy) is 1. The average Bonchev–Trinajstić information content (AvgIpc) is 3.04. The smallest absolute Gasteiger partial charge is 0.246 e. The van der Waals surface area contributed by atoms with Gasteiger partial charge in [0.05, 0.1) is 0 Å². The molecule has 1 N–H and O–H groups in total. The van der Waals surface area contributed by atoms with Crippen LogP contribution < -0.4 is 10.1 Å². The second-order valence-corrected chi connectivity index (χ2v) is 7.53. The van der Waals surface area contributed by atoms with Crippen molar-refractivity contribution in [2.45, 2.75) is 25.7 Å². The molecule has 7 heteroatoms. The molecule has 6 nitrogen and oxygen atoms in total. The van der Waals surface area contributed by atoms with E-state index >= 15 is 0 Å². The van der Waals surface area contributed by atoms with Crippen molar-refractivity contribution < 1.29 is 18.7 Å². The van der Waals surface area contributed by atoms with E-state index in [-0.39, 0.29) is 11.8 Å². The first-order chi connectivity index (χ1) is 15.1. The number of nitrogens with one attached hydrogen (secondary N) is 1. The highest BCUT2D eigenvalue weighted by Crippen LogP contribution is 2.26. The summed E-state index contributed by atoms with van der Waals surface area (Å²) >= 11 is 0. The molecule has 0 atom stereocenters. The van der Waals surface area contributed by atoms with E-state index in [0.29, 0.717) is 37.5 Å². The lowest BCUT2D eigenvalue weighted by Crippen LogP contribution is -2.30. The van der Waals surface area contributed by atoms with Crippen molar-refractivity contribution in [1.82, 2.24) is 9.88 Å². The number of rotatable bonds is 5. The van der Waals surface area contributed by atoms with Gasteiger partial charge in [-0.15, -0.1) is 0 Å². The topological polar surface area (TPSA) is 71.5 Å². The highest BCUT2D eigenvalue weighted by Gasteiger charge is 2.17. The standard InChI is InChI=1S/C24H24FN3O3/c25-16-31-21-5-1-3-19(14-21)18-4-2-11-28(12-10-18)23(30)9-6-17-13-20-7-8-22(29)27-24(20)26-15-17/h1,3-6,9,13-15H,2,7-8,10-12,16H2,(H,26,27,29)/b9-6+. The monoisotopic (exact) mass is 421 g/mol. The number of nitrogens with zero attached hydrogens (tertiary/aromatic N) is 2. The summed E-state index contributed by atoms with van der Waals surface area (Å²) in [7, 11) is 0. The van der Waals surface area contributed by atoms with Crippen molar-refractivity contribution in [2.75, 3.05) is 25.3 Å². The maximum atomic E-state index is 12.7. The third-order valence-electron chi connectivity index (χ3n) is 5.46. The third-order valence-corrected chi connectivity index (χ3v) is 5.46. The van der Waals surface area contributed by atoms with Crippen molar-refractivity contribution in [3.05, 3.63) is 65.4 Å². The van der Waals surface area contributed by atoms with Gasteiger partial charge in [-0.05, 0) is 65.8 Å². The van der Waals surface area contributed by atoms with Gasteiger partial charge in [0.2, 0.25) is 18.7 Å². The fourth-order valence-electron chi connectivity index (χ4n) is 3.83. The van der Waals surface area contributed by atoms with Crippen LogP contribution in [0, 0.1) is 0 Å². The Morgan fingerprint density at radius 3 is 3.00 bits per heavy atom. The van der Waals surface area contributed by atoms with Crippen LogP contribution in [0.25, 0.3) is 11.6 Å². The van der Waals surface area contributed by atoms with Gasteiger partial charge in [-0.1, -0.05) is 18.2 Å². The van der Waals surface area contributed by atoms with Gasteiger partial charge in [0, 0.05) is 31.8 Å². The zero-order valence-corrected chi connectivity index (χ0v) is 17.1. The largest absolute Gasteiger partial charge is 0.463 e. The molecule has 0 aliphatic carbocycles. The predicted octanol–water partition coefficient (Wildman–Crippen LogP) is 3.99. The summed E-state index contributed by atoms with van der Waals surface area (Å²) < 4.78 is 17.4. The Bertz CT molecular complexity index is 1050. The van der Waals surface area contributed by atoms with Gasteiger partial charge in [0.25, 0.3) is 0 Å². The molecule has 1 aromatic heterocycles. The Kier molecular flexibility index (Phi) is 6.40. The SMILES string of the molecule is O=C1CCc2cc(/C=C/C(=O)N3CCC=C(c4cccc(OCF)c4)CC3)cnc2N1. The lowest BCUT2D eigenvalue weighted by molar-refractivity contribution is -0.125. The molecule has 0 unspecified atom stereocenters. The number of hydrogen-bond donors (Lipinski definition) is 1. The number of halogens is 1. The van der Waals surface area contributed by atoms with Crippen LogP contribution in [0.5, 0.6) is 5.75 Å². The van der Waals surface area contributed by atoms with Crippen LogP contribution in [0.1, 0.15) is 36.0 Å².